The fraction of sp³-hybridized carbons (Fsp3) is 0.571. The number of hydrogen-bond donors (Lipinski definition) is 1. The van der Waals surface area contributed by atoms with Crippen LogP contribution in [0, 0.1) is 4.91 Å². The van der Waals surface area contributed by atoms with Crippen LogP contribution >= 0.6 is 0 Å². The Balaban J connectivity index is 4.23. The zero-order valence-electron chi connectivity index (χ0n) is 6.82. The highest BCUT2D eigenvalue weighted by molar-refractivity contribution is 5.79. The number of esters is 1. The number of carbonyl (C=O) groups is 1. The standard InChI is InChI=1S/C7H11NO4/c1-3-12-7(10)6(8-11)5(2)4-9/h6,9H,2-4H2,1H3. The van der Waals surface area contributed by atoms with Gasteiger partial charge in [0.2, 0.25) is 6.04 Å². The van der Waals surface area contributed by atoms with Gasteiger partial charge in [-0.1, -0.05) is 6.58 Å². The molecule has 0 aliphatic rings. The number of ether oxygens (including phenoxy) is 1. The van der Waals surface area contributed by atoms with E-state index in [0.717, 1.165) is 0 Å². The second kappa shape index (κ2) is 5.42. The van der Waals surface area contributed by atoms with Gasteiger partial charge in [-0.2, -0.15) is 0 Å². The lowest BCUT2D eigenvalue weighted by molar-refractivity contribution is -0.143. The first-order chi connectivity index (χ1) is 5.67. The Bertz CT molecular complexity index is 190. The average molecular weight is 173 g/mol. The van der Waals surface area contributed by atoms with Crippen molar-refractivity contribution in [1.29, 1.82) is 0 Å². The van der Waals surface area contributed by atoms with Crippen molar-refractivity contribution in [1.82, 2.24) is 0 Å². The van der Waals surface area contributed by atoms with Gasteiger partial charge in [-0.3, -0.25) is 0 Å². The Labute approximate surface area is 70.0 Å². The Kier molecular flexibility index (Phi) is 4.87. The summed E-state index contributed by atoms with van der Waals surface area (Å²) in [4.78, 5) is 21.0. The van der Waals surface area contributed by atoms with Crippen molar-refractivity contribution < 1.29 is 14.6 Å². The average Bonchev–Trinajstić information content (AvgIpc) is 2.06. The van der Waals surface area contributed by atoms with Crippen molar-refractivity contribution in [2.45, 2.75) is 13.0 Å². The molecule has 1 atom stereocenters. The number of nitrogens with zero attached hydrogens (tertiary/aromatic N) is 1. The van der Waals surface area contributed by atoms with E-state index in [9.17, 15) is 9.70 Å². The van der Waals surface area contributed by atoms with Crippen molar-refractivity contribution >= 4 is 5.97 Å². The molecule has 0 fully saturated rings. The fourth-order valence-corrected chi connectivity index (χ4v) is 0.592. The minimum atomic E-state index is -1.28. The van der Waals surface area contributed by atoms with Crippen molar-refractivity contribution in [2.24, 2.45) is 5.18 Å². The summed E-state index contributed by atoms with van der Waals surface area (Å²) in [5.41, 5.74) is 0.0449. The molecule has 1 unspecified atom stereocenters. The molecule has 0 amide bonds. The van der Waals surface area contributed by atoms with E-state index < -0.39 is 18.6 Å². The highest BCUT2D eigenvalue weighted by Crippen LogP contribution is 2.05. The molecular weight excluding hydrogens is 162 g/mol. The van der Waals surface area contributed by atoms with Crippen LogP contribution in [-0.4, -0.2) is 30.3 Å². The lowest BCUT2D eigenvalue weighted by Crippen LogP contribution is -2.24. The van der Waals surface area contributed by atoms with Gasteiger partial charge < -0.3 is 9.84 Å². The predicted octanol–water partition coefficient (Wildman–Crippen LogP) is 0.233. The number of aliphatic hydroxyl groups excluding tert-OH is 1. The first-order valence-electron chi connectivity index (χ1n) is 3.45. The van der Waals surface area contributed by atoms with Crippen LogP contribution in [0.2, 0.25) is 0 Å². The Morgan fingerprint density at radius 3 is 2.67 bits per heavy atom. The van der Waals surface area contributed by atoms with Crippen LogP contribution in [-0.2, 0) is 9.53 Å². The van der Waals surface area contributed by atoms with E-state index in [-0.39, 0.29) is 12.2 Å². The summed E-state index contributed by atoms with van der Waals surface area (Å²) < 4.78 is 4.51. The van der Waals surface area contributed by atoms with E-state index in [2.05, 4.69) is 16.5 Å². The summed E-state index contributed by atoms with van der Waals surface area (Å²) >= 11 is 0. The van der Waals surface area contributed by atoms with Crippen LogP contribution in [0.4, 0.5) is 0 Å². The smallest absolute Gasteiger partial charge is 0.338 e. The van der Waals surface area contributed by atoms with Gasteiger partial charge in [-0.05, 0) is 17.7 Å². The van der Waals surface area contributed by atoms with Crippen LogP contribution in [0.25, 0.3) is 0 Å². The molecule has 0 aromatic carbocycles. The largest absolute Gasteiger partial charge is 0.464 e. The SMILES string of the molecule is C=C(CO)C(N=O)C(=O)OCC. The normalized spacial score (nSPS) is 11.8. The Morgan fingerprint density at radius 1 is 1.75 bits per heavy atom. The first-order valence-corrected chi connectivity index (χ1v) is 3.45. The molecule has 0 spiro atoms. The maximum atomic E-state index is 10.9. The third-order valence-corrected chi connectivity index (χ3v) is 1.21. The first kappa shape index (κ1) is 10.8. The zero-order valence-corrected chi connectivity index (χ0v) is 6.82. The van der Waals surface area contributed by atoms with Gasteiger partial charge in [-0.25, -0.2) is 4.79 Å². The van der Waals surface area contributed by atoms with E-state index in [1.54, 1.807) is 6.92 Å². The summed E-state index contributed by atoms with van der Waals surface area (Å²) in [6, 6.07) is -1.28. The molecule has 1 N–H and O–H groups in total. The minimum absolute atomic E-state index is 0.0449. The van der Waals surface area contributed by atoms with Gasteiger partial charge >= 0.3 is 5.97 Å². The van der Waals surface area contributed by atoms with Gasteiger partial charge in [0, 0.05) is 0 Å². The van der Waals surface area contributed by atoms with E-state index in [4.69, 9.17) is 5.11 Å². The number of rotatable bonds is 5. The van der Waals surface area contributed by atoms with Crippen molar-refractivity contribution in [3.05, 3.63) is 17.1 Å². The Morgan fingerprint density at radius 2 is 2.33 bits per heavy atom. The van der Waals surface area contributed by atoms with Gasteiger partial charge in [0.1, 0.15) is 0 Å². The molecule has 0 rings (SSSR count). The molecule has 0 aromatic rings. The molecule has 0 heterocycles. The maximum Gasteiger partial charge on any atom is 0.338 e. The third-order valence-electron chi connectivity index (χ3n) is 1.21. The minimum Gasteiger partial charge on any atom is -0.464 e. The summed E-state index contributed by atoms with van der Waals surface area (Å²) in [5.74, 6) is -0.772. The second-order valence-corrected chi connectivity index (χ2v) is 2.08. The summed E-state index contributed by atoms with van der Waals surface area (Å²) in [5, 5.41) is 11.0. The molecule has 68 valence electrons. The predicted molar refractivity (Wildman–Crippen MR) is 42.4 cm³/mol. The van der Waals surface area contributed by atoms with E-state index in [1.807, 2.05) is 0 Å². The number of aliphatic hydroxyl groups is 1. The van der Waals surface area contributed by atoms with Crippen LogP contribution in [0.1, 0.15) is 6.92 Å². The lowest BCUT2D eigenvalue weighted by atomic mass is 10.1. The van der Waals surface area contributed by atoms with Crippen molar-refractivity contribution in [3.63, 3.8) is 0 Å². The molecule has 0 saturated heterocycles. The van der Waals surface area contributed by atoms with Crippen molar-refractivity contribution in [2.75, 3.05) is 13.2 Å². The summed E-state index contributed by atoms with van der Waals surface area (Å²) in [6.07, 6.45) is 0. The topological polar surface area (TPSA) is 76.0 Å². The van der Waals surface area contributed by atoms with Crippen LogP contribution in [0.3, 0.4) is 0 Å². The molecular formula is C7H11NO4. The molecule has 12 heavy (non-hydrogen) atoms. The van der Waals surface area contributed by atoms with E-state index >= 15 is 0 Å². The zero-order chi connectivity index (χ0) is 9.56. The lowest BCUT2D eigenvalue weighted by Gasteiger charge is -2.08. The molecule has 0 aliphatic heterocycles. The highest BCUT2D eigenvalue weighted by Gasteiger charge is 2.22. The van der Waals surface area contributed by atoms with Gasteiger partial charge in [-0.15, -0.1) is 4.91 Å². The second-order valence-electron chi connectivity index (χ2n) is 2.08. The van der Waals surface area contributed by atoms with Crippen LogP contribution < -0.4 is 0 Å². The monoisotopic (exact) mass is 173 g/mol. The van der Waals surface area contributed by atoms with E-state index in [1.165, 1.54) is 0 Å². The van der Waals surface area contributed by atoms with Crippen LogP contribution in [0.15, 0.2) is 17.3 Å². The molecule has 0 radical (unpaired) electrons. The maximum absolute atomic E-state index is 10.9. The van der Waals surface area contributed by atoms with Crippen LogP contribution in [0.5, 0.6) is 0 Å². The number of carbonyl (C=O) groups excluding carboxylic acids is 1. The number of hydrogen-bond acceptors (Lipinski definition) is 5. The Hall–Kier alpha value is -1.23. The van der Waals surface area contributed by atoms with E-state index in [0.29, 0.717) is 0 Å². The van der Waals surface area contributed by atoms with Gasteiger partial charge in [0.25, 0.3) is 0 Å². The third kappa shape index (κ3) is 2.79. The summed E-state index contributed by atoms with van der Waals surface area (Å²) in [6.45, 7) is 4.64. The number of nitroso groups, excluding NO2 is 1. The molecule has 5 nitrogen and oxygen atoms in total. The quantitative estimate of drug-likeness (QED) is 0.367. The molecule has 0 aromatic heterocycles. The molecule has 5 heteroatoms. The van der Waals surface area contributed by atoms with Gasteiger partial charge in [0.15, 0.2) is 0 Å². The molecule has 0 saturated carbocycles. The highest BCUT2D eigenvalue weighted by atomic mass is 16.5. The van der Waals surface area contributed by atoms with Gasteiger partial charge in [0.05, 0.1) is 13.2 Å². The molecule has 0 bridgehead atoms. The fourth-order valence-electron chi connectivity index (χ4n) is 0.592. The summed E-state index contributed by atoms with van der Waals surface area (Å²) in [7, 11) is 0. The molecule has 0 aliphatic carbocycles. The van der Waals surface area contributed by atoms with Crippen molar-refractivity contribution in [3.8, 4) is 0 Å².